The number of halogens is 2. The highest BCUT2D eigenvalue weighted by molar-refractivity contribution is 9.10. The summed E-state index contributed by atoms with van der Waals surface area (Å²) in [4.78, 5) is 0. The van der Waals surface area contributed by atoms with Crippen molar-refractivity contribution in [1.29, 1.82) is 0 Å². The molecule has 0 atom stereocenters. The molecule has 1 nitrogen and oxygen atoms in total. The Balaban J connectivity index is 2.05. The molecule has 1 aromatic heterocycles. The van der Waals surface area contributed by atoms with Crippen molar-refractivity contribution in [1.82, 2.24) is 4.57 Å². The quantitative estimate of drug-likeness (QED) is 0.587. The van der Waals surface area contributed by atoms with Gasteiger partial charge in [-0.15, -0.1) is 0 Å². The van der Waals surface area contributed by atoms with E-state index >= 15 is 0 Å². The van der Waals surface area contributed by atoms with Crippen molar-refractivity contribution < 1.29 is 0 Å². The average molecular weight is 365 g/mol. The molecule has 0 saturated heterocycles. The lowest BCUT2D eigenvalue weighted by Gasteiger charge is -2.07. The molecule has 0 bridgehead atoms. The summed E-state index contributed by atoms with van der Waals surface area (Å²) in [7, 11) is 0. The first-order valence-electron chi connectivity index (χ1n) is 5.72. The molecule has 0 aliphatic heterocycles. The molecule has 3 rings (SSSR count). The van der Waals surface area contributed by atoms with Crippen molar-refractivity contribution in [3.8, 4) is 0 Å². The highest BCUT2D eigenvalue weighted by Gasteiger charge is 2.04. The van der Waals surface area contributed by atoms with Gasteiger partial charge in [-0.1, -0.05) is 56.1 Å². The Bertz CT molecular complexity index is 701. The van der Waals surface area contributed by atoms with E-state index in [-0.39, 0.29) is 0 Å². The van der Waals surface area contributed by atoms with E-state index in [9.17, 15) is 0 Å². The summed E-state index contributed by atoms with van der Waals surface area (Å²) >= 11 is 7.13. The van der Waals surface area contributed by atoms with Crippen LogP contribution in [0.25, 0.3) is 10.9 Å². The van der Waals surface area contributed by atoms with E-state index in [0.717, 1.165) is 15.5 Å². The molecule has 0 radical (unpaired) electrons. The van der Waals surface area contributed by atoms with E-state index in [2.05, 4.69) is 85.1 Å². The highest BCUT2D eigenvalue weighted by atomic mass is 79.9. The number of fused-ring (bicyclic) bond motifs is 1. The Hall–Kier alpha value is -1.06. The summed E-state index contributed by atoms with van der Waals surface area (Å²) in [5.41, 5.74) is 2.54. The Morgan fingerprint density at radius 3 is 2.61 bits per heavy atom. The Kier molecular flexibility index (Phi) is 3.27. The van der Waals surface area contributed by atoms with Crippen LogP contribution in [0.15, 0.2) is 63.7 Å². The summed E-state index contributed by atoms with van der Waals surface area (Å²) in [6.07, 6.45) is 2.14. The average Bonchev–Trinajstić information content (AvgIpc) is 2.75. The maximum atomic E-state index is 3.60. The molecule has 18 heavy (non-hydrogen) atoms. The molecule has 2 aromatic carbocycles. The normalized spacial score (nSPS) is 11.0. The molecule has 0 aliphatic carbocycles. The van der Waals surface area contributed by atoms with Crippen molar-refractivity contribution in [2.24, 2.45) is 0 Å². The fourth-order valence-corrected chi connectivity index (χ4v) is 2.86. The van der Waals surface area contributed by atoms with Gasteiger partial charge >= 0.3 is 0 Å². The van der Waals surface area contributed by atoms with E-state index in [1.165, 1.54) is 16.5 Å². The zero-order chi connectivity index (χ0) is 12.5. The minimum absolute atomic E-state index is 0.876. The molecule has 3 heteroatoms. The molecule has 0 amide bonds. The fraction of sp³-hybridized carbons (Fsp3) is 0.0667. The SMILES string of the molecule is Brc1ccc2ccn(Cc3ccccc3Br)c2c1. The van der Waals surface area contributed by atoms with Crippen LogP contribution in [0.4, 0.5) is 0 Å². The van der Waals surface area contributed by atoms with Gasteiger partial charge in [0.25, 0.3) is 0 Å². The molecule has 1 heterocycles. The first-order valence-corrected chi connectivity index (χ1v) is 7.30. The van der Waals surface area contributed by atoms with Gasteiger partial charge < -0.3 is 4.57 Å². The molecule has 90 valence electrons. The van der Waals surface area contributed by atoms with Crippen molar-refractivity contribution in [2.75, 3.05) is 0 Å². The predicted octanol–water partition coefficient (Wildman–Crippen LogP) is 5.21. The molecule has 0 saturated carbocycles. The maximum absolute atomic E-state index is 3.60. The maximum Gasteiger partial charge on any atom is 0.0494 e. The lowest BCUT2D eigenvalue weighted by atomic mass is 10.2. The minimum Gasteiger partial charge on any atom is -0.343 e. The Morgan fingerprint density at radius 1 is 0.944 bits per heavy atom. The second kappa shape index (κ2) is 4.90. The predicted molar refractivity (Wildman–Crippen MR) is 82.9 cm³/mol. The summed E-state index contributed by atoms with van der Waals surface area (Å²) in [6.45, 7) is 0.876. The van der Waals surface area contributed by atoms with E-state index in [4.69, 9.17) is 0 Å². The van der Waals surface area contributed by atoms with Crippen LogP contribution in [0, 0.1) is 0 Å². The van der Waals surface area contributed by atoms with Crippen molar-refractivity contribution in [3.05, 3.63) is 69.2 Å². The fourth-order valence-electron chi connectivity index (χ4n) is 2.11. The molecule has 3 aromatic rings. The largest absolute Gasteiger partial charge is 0.343 e. The monoisotopic (exact) mass is 363 g/mol. The van der Waals surface area contributed by atoms with Gasteiger partial charge in [0.2, 0.25) is 0 Å². The van der Waals surface area contributed by atoms with Gasteiger partial charge in [0.1, 0.15) is 0 Å². The first-order chi connectivity index (χ1) is 8.74. The smallest absolute Gasteiger partial charge is 0.0494 e. The lowest BCUT2D eigenvalue weighted by Crippen LogP contribution is -1.98. The van der Waals surface area contributed by atoms with E-state index in [1.807, 2.05) is 6.07 Å². The molecular weight excluding hydrogens is 354 g/mol. The van der Waals surface area contributed by atoms with Gasteiger partial charge in [0.15, 0.2) is 0 Å². The van der Waals surface area contributed by atoms with Crippen LogP contribution < -0.4 is 0 Å². The molecule has 0 N–H and O–H groups in total. The van der Waals surface area contributed by atoms with Crippen LogP contribution in [0.1, 0.15) is 5.56 Å². The first kappa shape index (κ1) is 12.0. The topological polar surface area (TPSA) is 4.93 Å². The molecule has 0 fully saturated rings. The Labute approximate surface area is 123 Å². The molecule has 0 spiro atoms. The molecular formula is C15H11Br2N. The van der Waals surface area contributed by atoms with Crippen LogP contribution in [0.5, 0.6) is 0 Å². The van der Waals surface area contributed by atoms with Crippen LogP contribution in [0.3, 0.4) is 0 Å². The van der Waals surface area contributed by atoms with Crippen LogP contribution >= 0.6 is 31.9 Å². The third-order valence-corrected chi connectivity index (χ3v) is 4.30. The number of hydrogen-bond donors (Lipinski definition) is 0. The summed E-state index contributed by atoms with van der Waals surface area (Å²) in [5, 5.41) is 1.27. The van der Waals surface area contributed by atoms with Crippen molar-refractivity contribution in [3.63, 3.8) is 0 Å². The number of aromatic nitrogens is 1. The van der Waals surface area contributed by atoms with Crippen LogP contribution in [-0.4, -0.2) is 4.57 Å². The lowest BCUT2D eigenvalue weighted by molar-refractivity contribution is 0.833. The summed E-state index contributed by atoms with van der Waals surface area (Å²) < 4.78 is 4.53. The molecule has 0 unspecified atom stereocenters. The standard InChI is InChI=1S/C15H11Br2N/c16-13-6-5-11-7-8-18(15(11)9-13)10-12-3-1-2-4-14(12)17/h1-9H,10H2. The zero-order valence-corrected chi connectivity index (χ0v) is 12.8. The van der Waals surface area contributed by atoms with Crippen molar-refractivity contribution >= 4 is 42.8 Å². The van der Waals surface area contributed by atoms with Gasteiger partial charge in [-0.2, -0.15) is 0 Å². The number of hydrogen-bond acceptors (Lipinski definition) is 0. The number of benzene rings is 2. The van der Waals surface area contributed by atoms with E-state index < -0.39 is 0 Å². The second-order valence-corrected chi connectivity index (χ2v) is 6.01. The minimum atomic E-state index is 0.876. The number of nitrogens with zero attached hydrogens (tertiary/aromatic N) is 1. The number of rotatable bonds is 2. The van der Waals surface area contributed by atoms with E-state index in [0.29, 0.717) is 0 Å². The van der Waals surface area contributed by atoms with Crippen LogP contribution in [0.2, 0.25) is 0 Å². The summed E-state index contributed by atoms with van der Waals surface area (Å²) in [5.74, 6) is 0. The van der Waals surface area contributed by atoms with Gasteiger partial charge in [0, 0.05) is 27.2 Å². The van der Waals surface area contributed by atoms with Crippen molar-refractivity contribution in [2.45, 2.75) is 6.54 Å². The Morgan fingerprint density at radius 2 is 1.78 bits per heavy atom. The van der Waals surface area contributed by atoms with Gasteiger partial charge in [-0.05, 0) is 35.2 Å². The second-order valence-electron chi connectivity index (χ2n) is 4.24. The van der Waals surface area contributed by atoms with Gasteiger partial charge in [-0.25, -0.2) is 0 Å². The third-order valence-electron chi connectivity index (χ3n) is 3.03. The van der Waals surface area contributed by atoms with E-state index in [1.54, 1.807) is 0 Å². The van der Waals surface area contributed by atoms with Gasteiger partial charge in [-0.3, -0.25) is 0 Å². The molecule has 0 aliphatic rings. The van der Waals surface area contributed by atoms with Crippen LogP contribution in [-0.2, 0) is 6.54 Å². The summed E-state index contributed by atoms with van der Waals surface area (Å²) in [6, 6.07) is 16.9. The van der Waals surface area contributed by atoms with Gasteiger partial charge in [0.05, 0.1) is 0 Å². The third kappa shape index (κ3) is 2.25. The highest BCUT2D eigenvalue weighted by Crippen LogP contribution is 2.23. The zero-order valence-electron chi connectivity index (χ0n) is 9.61.